The first kappa shape index (κ1) is 29.3. The Labute approximate surface area is 269 Å². The molecule has 0 saturated carbocycles. The summed E-state index contributed by atoms with van der Waals surface area (Å²) in [4.78, 5) is 2.37. The Morgan fingerprint density at radius 1 is 0.822 bits per heavy atom. The summed E-state index contributed by atoms with van der Waals surface area (Å²) in [5.74, 6) is 0. The highest BCUT2D eigenvalue weighted by Crippen LogP contribution is 2.52. The van der Waals surface area contributed by atoms with E-state index in [2.05, 4.69) is 159 Å². The van der Waals surface area contributed by atoms with Gasteiger partial charge in [-0.05, 0) is 97.7 Å². The number of likely N-dealkylation sites (N-methyl/N-ethyl adjacent to an activating group) is 1. The summed E-state index contributed by atoms with van der Waals surface area (Å²) in [7, 11) is 4.45. The molecule has 2 unspecified atom stereocenters. The molecule has 0 bridgehead atoms. The first-order valence-electron chi connectivity index (χ1n) is 16.6. The third-order valence-electron chi connectivity index (χ3n) is 10.7. The van der Waals surface area contributed by atoms with Gasteiger partial charge in [-0.2, -0.15) is 4.58 Å². The molecular weight excluding hydrogens is 544 g/mol. The van der Waals surface area contributed by atoms with Gasteiger partial charge in [0.1, 0.15) is 7.05 Å². The van der Waals surface area contributed by atoms with E-state index in [1.54, 1.807) is 5.57 Å². The smallest absolute Gasteiger partial charge is 0.210 e. The zero-order valence-corrected chi connectivity index (χ0v) is 27.3. The molecule has 1 aliphatic carbocycles. The maximum absolute atomic E-state index is 4.15. The first-order chi connectivity index (χ1) is 21.9. The van der Waals surface area contributed by atoms with E-state index in [0.717, 1.165) is 12.8 Å². The largest absolute Gasteiger partial charge is 0.347 e. The first-order valence-corrected chi connectivity index (χ1v) is 16.6. The average molecular weight is 590 g/mol. The van der Waals surface area contributed by atoms with E-state index < -0.39 is 0 Å². The lowest BCUT2D eigenvalue weighted by Gasteiger charge is -2.28. The molecule has 4 aromatic carbocycles. The van der Waals surface area contributed by atoms with Crippen LogP contribution in [0, 0.1) is 0 Å². The summed E-state index contributed by atoms with van der Waals surface area (Å²) in [6.45, 7) is 8.99. The molecule has 7 rings (SSSR count). The van der Waals surface area contributed by atoms with Gasteiger partial charge in [0.05, 0.1) is 5.41 Å². The summed E-state index contributed by atoms with van der Waals surface area (Å²) in [5, 5.41) is 5.32. The summed E-state index contributed by atoms with van der Waals surface area (Å²) >= 11 is 0. The molecular formula is C43H45N2+. The van der Waals surface area contributed by atoms with Crippen molar-refractivity contribution >= 4 is 38.6 Å². The van der Waals surface area contributed by atoms with Gasteiger partial charge in [-0.3, -0.25) is 0 Å². The van der Waals surface area contributed by atoms with E-state index in [0.29, 0.717) is 0 Å². The van der Waals surface area contributed by atoms with Crippen LogP contribution < -0.4 is 4.90 Å². The van der Waals surface area contributed by atoms with Crippen molar-refractivity contribution in [2.75, 3.05) is 19.0 Å². The fraction of sp³-hybridized carbons (Fsp3) is 0.279. The standard InChI is InChI=1S/C43H45N2/c1-6-29-42(2)38(44(4)36-27-25-32-19-13-15-21-34(32)40(36)42)23-11-8-12-24-39-43(3,30-31-17-9-7-10-18-31)41-35-22-16-14-20-33(35)26-28-37(41)45(39)5/h6,8,11-17,19-28H,1,7,9-10,18,29-30H2,2-5H3/q+1. The highest BCUT2D eigenvalue weighted by atomic mass is 15.2. The van der Waals surface area contributed by atoms with Gasteiger partial charge >= 0.3 is 0 Å². The number of allylic oxidation sites excluding steroid dienone is 9. The summed E-state index contributed by atoms with van der Waals surface area (Å²) in [6, 6.07) is 26.8. The van der Waals surface area contributed by atoms with E-state index in [-0.39, 0.29) is 10.8 Å². The van der Waals surface area contributed by atoms with Crippen molar-refractivity contribution in [1.82, 2.24) is 0 Å². The molecule has 2 nitrogen and oxygen atoms in total. The number of fused-ring (bicyclic) bond motifs is 6. The van der Waals surface area contributed by atoms with Crippen LogP contribution in [-0.4, -0.2) is 24.4 Å². The second kappa shape index (κ2) is 11.5. The molecule has 3 aliphatic rings. The number of benzene rings is 4. The van der Waals surface area contributed by atoms with Gasteiger partial charge in [-0.1, -0.05) is 90.6 Å². The van der Waals surface area contributed by atoms with Crippen LogP contribution in [0.1, 0.15) is 63.5 Å². The average Bonchev–Trinajstić information content (AvgIpc) is 3.40. The maximum Gasteiger partial charge on any atom is 0.210 e. The highest BCUT2D eigenvalue weighted by Gasteiger charge is 2.48. The monoisotopic (exact) mass is 589 g/mol. The lowest BCUT2D eigenvalue weighted by atomic mass is 9.71. The van der Waals surface area contributed by atoms with Crippen LogP contribution in [0.15, 0.2) is 133 Å². The molecule has 0 N–H and O–H groups in total. The van der Waals surface area contributed by atoms with E-state index in [1.807, 2.05) is 0 Å². The third kappa shape index (κ3) is 4.74. The van der Waals surface area contributed by atoms with Crippen LogP contribution in [0.2, 0.25) is 0 Å². The normalized spacial score (nSPS) is 24.0. The summed E-state index contributed by atoms with van der Waals surface area (Å²) in [5.41, 5.74) is 9.54. The molecule has 45 heavy (non-hydrogen) atoms. The summed E-state index contributed by atoms with van der Waals surface area (Å²) in [6.07, 6.45) is 22.9. The Morgan fingerprint density at radius 2 is 1.53 bits per heavy atom. The van der Waals surface area contributed by atoms with Crippen molar-refractivity contribution in [2.24, 2.45) is 0 Å². The SMILES string of the molecule is C=CCC1(C)C(=CC=CC=CC2=[N+](C)c3ccc4ccccc4c3C2(C)CC2=CCCCC2)N(C)c2ccc3ccccc3c21. The minimum Gasteiger partial charge on any atom is -0.347 e. The number of anilines is 1. The topological polar surface area (TPSA) is 6.25 Å². The van der Waals surface area contributed by atoms with E-state index >= 15 is 0 Å². The van der Waals surface area contributed by atoms with Crippen LogP contribution in [0.4, 0.5) is 11.4 Å². The fourth-order valence-electron chi connectivity index (χ4n) is 8.64. The number of rotatable bonds is 7. The van der Waals surface area contributed by atoms with Crippen molar-refractivity contribution in [3.05, 3.63) is 144 Å². The molecule has 2 aliphatic heterocycles. The molecule has 0 spiro atoms. The van der Waals surface area contributed by atoms with Crippen LogP contribution in [-0.2, 0) is 10.8 Å². The van der Waals surface area contributed by atoms with Gasteiger partial charge in [0.15, 0.2) is 5.71 Å². The molecule has 2 atom stereocenters. The van der Waals surface area contributed by atoms with Crippen LogP contribution in [0.5, 0.6) is 0 Å². The number of hydrogen-bond donors (Lipinski definition) is 0. The van der Waals surface area contributed by atoms with Crippen LogP contribution in [0.3, 0.4) is 0 Å². The van der Waals surface area contributed by atoms with E-state index in [9.17, 15) is 0 Å². The Kier molecular flexibility index (Phi) is 7.48. The zero-order valence-electron chi connectivity index (χ0n) is 27.3. The van der Waals surface area contributed by atoms with Gasteiger partial charge < -0.3 is 4.90 Å². The second-order valence-electron chi connectivity index (χ2n) is 13.6. The zero-order chi connectivity index (χ0) is 31.2. The molecule has 226 valence electrons. The molecule has 4 aromatic rings. The Morgan fingerprint density at radius 3 is 2.24 bits per heavy atom. The predicted octanol–water partition coefficient (Wildman–Crippen LogP) is 10.8. The van der Waals surface area contributed by atoms with E-state index in [4.69, 9.17) is 0 Å². The molecule has 2 heterocycles. The van der Waals surface area contributed by atoms with Crippen molar-refractivity contribution in [1.29, 1.82) is 0 Å². The minimum absolute atomic E-state index is 0.0895. The Hall–Kier alpha value is -4.43. The summed E-state index contributed by atoms with van der Waals surface area (Å²) < 4.78 is 2.43. The lowest BCUT2D eigenvalue weighted by molar-refractivity contribution is -0.401. The van der Waals surface area contributed by atoms with Crippen molar-refractivity contribution in [2.45, 2.75) is 63.2 Å². The fourth-order valence-corrected chi connectivity index (χ4v) is 8.64. The third-order valence-corrected chi connectivity index (χ3v) is 10.7. The molecule has 2 heteroatoms. The Bertz CT molecular complexity index is 1980. The quantitative estimate of drug-likeness (QED) is 0.118. The van der Waals surface area contributed by atoms with Crippen LogP contribution in [0.25, 0.3) is 21.5 Å². The molecule has 0 radical (unpaired) electrons. The molecule has 0 fully saturated rings. The molecule has 0 aromatic heterocycles. The van der Waals surface area contributed by atoms with Gasteiger partial charge in [-0.25, -0.2) is 0 Å². The molecule has 0 amide bonds. The van der Waals surface area contributed by atoms with Gasteiger partial charge in [0.2, 0.25) is 5.69 Å². The van der Waals surface area contributed by atoms with Gasteiger partial charge in [0, 0.05) is 41.6 Å². The maximum atomic E-state index is 4.15. The predicted molar refractivity (Wildman–Crippen MR) is 194 cm³/mol. The number of hydrogen-bond acceptors (Lipinski definition) is 1. The van der Waals surface area contributed by atoms with Crippen molar-refractivity contribution < 1.29 is 4.58 Å². The van der Waals surface area contributed by atoms with Gasteiger partial charge in [0.25, 0.3) is 0 Å². The van der Waals surface area contributed by atoms with Crippen molar-refractivity contribution in [3.8, 4) is 0 Å². The minimum atomic E-state index is -0.143. The lowest BCUT2D eigenvalue weighted by Crippen LogP contribution is -2.31. The molecule has 0 saturated heterocycles. The Balaban J connectivity index is 1.24. The van der Waals surface area contributed by atoms with Gasteiger partial charge in [-0.15, -0.1) is 6.58 Å². The van der Waals surface area contributed by atoms with Crippen molar-refractivity contribution in [3.63, 3.8) is 0 Å². The number of nitrogens with zero attached hydrogens (tertiary/aromatic N) is 2. The van der Waals surface area contributed by atoms with E-state index in [1.165, 1.54) is 81.1 Å². The highest BCUT2D eigenvalue weighted by molar-refractivity contribution is 6.08. The van der Waals surface area contributed by atoms with Crippen LogP contribution >= 0.6 is 0 Å². The second-order valence-corrected chi connectivity index (χ2v) is 13.6.